The Bertz CT molecular complexity index is 366. The molecule has 4 heteroatoms. The van der Waals surface area contributed by atoms with Crippen molar-refractivity contribution in [2.75, 3.05) is 0 Å². The zero-order valence-corrected chi connectivity index (χ0v) is 8.75. The van der Waals surface area contributed by atoms with Crippen molar-refractivity contribution in [3.63, 3.8) is 0 Å². The predicted molar refractivity (Wildman–Crippen MR) is 55.3 cm³/mol. The molecule has 1 atom stereocenters. The summed E-state index contributed by atoms with van der Waals surface area (Å²) < 4.78 is 12.8. The zero-order chi connectivity index (χ0) is 11.4. The number of nitrogens with one attached hydrogen (secondary N) is 1. The van der Waals surface area contributed by atoms with E-state index in [0.29, 0.717) is 0 Å². The van der Waals surface area contributed by atoms with Crippen LogP contribution in [0.15, 0.2) is 18.2 Å². The standard InChI is InChI=1S/C11H14FNO2/c1-3-7(2)13-11(15)9-6-8(12)4-5-10(9)14/h4-7,14H,3H2,1-2H3,(H,13,15). The van der Waals surface area contributed by atoms with Crippen molar-refractivity contribution in [1.29, 1.82) is 0 Å². The van der Waals surface area contributed by atoms with E-state index < -0.39 is 11.7 Å². The quantitative estimate of drug-likeness (QED) is 0.804. The first-order chi connectivity index (χ1) is 7.04. The fourth-order valence-electron chi connectivity index (χ4n) is 1.09. The van der Waals surface area contributed by atoms with E-state index in [2.05, 4.69) is 5.32 Å². The number of benzene rings is 1. The molecule has 0 radical (unpaired) electrons. The van der Waals surface area contributed by atoms with Crippen LogP contribution in [0.2, 0.25) is 0 Å². The Balaban J connectivity index is 2.86. The Morgan fingerprint density at radius 2 is 2.27 bits per heavy atom. The highest BCUT2D eigenvalue weighted by Crippen LogP contribution is 2.17. The molecule has 2 N–H and O–H groups in total. The Labute approximate surface area is 87.9 Å². The summed E-state index contributed by atoms with van der Waals surface area (Å²) in [4.78, 5) is 11.5. The number of carbonyl (C=O) groups excluding carboxylic acids is 1. The third kappa shape index (κ3) is 2.94. The predicted octanol–water partition coefficient (Wildman–Crippen LogP) is 2.06. The maximum Gasteiger partial charge on any atom is 0.255 e. The number of halogens is 1. The molecule has 0 aromatic heterocycles. The minimum atomic E-state index is -0.540. The van der Waals surface area contributed by atoms with E-state index in [1.54, 1.807) is 0 Å². The van der Waals surface area contributed by atoms with Gasteiger partial charge in [-0.1, -0.05) is 6.92 Å². The largest absolute Gasteiger partial charge is 0.507 e. The van der Waals surface area contributed by atoms with E-state index in [0.717, 1.165) is 18.6 Å². The van der Waals surface area contributed by atoms with Crippen molar-refractivity contribution in [3.8, 4) is 5.75 Å². The van der Waals surface area contributed by atoms with E-state index in [1.165, 1.54) is 6.07 Å². The molecule has 0 heterocycles. The summed E-state index contributed by atoms with van der Waals surface area (Å²) in [5.74, 6) is -1.21. The number of phenolic OH excluding ortho intramolecular Hbond substituents is 1. The third-order valence-electron chi connectivity index (χ3n) is 2.19. The lowest BCUT2D eigenvalue weighted by atomic mass is 10.1. The van der Waals surface area contributed by atoms with E-state index in [1.807, 2.05) is 13.8 Å². The molecular formula is C11H14FNO2. The molecule has 0 fully saturated rings. The fourth-order valence-corrected chi connectivity index (χ4v) is 1.09. The van der Waals surface area contributed by atoms with Gasteiger partial charge in [0, 0.05) is 6.04 Å². The molecule has 1 aromatic carbocycles. The third-order valence-corrected chi connectivity index (χ3v) is 2.19. The van der Waals surface area contributed by atoms with Gasteiger partial charge < -0.3 is 10.4 Å². The number of hydrogen-bond donors (Lipinski definition) is 2. The van der Waals surface area contributed by atoms with Crippen LogP contribution in [-0.2, 0) is 0 Å². The van der Waals surface area contributed by atoms with Gasteiger partial charge in [0.2, 0.25) is 0 Å². The average molecular weight is 211 g/mol. The lowest BCUT2D eigenvalue weighted by Crippen LogP contribution is -2.32. The van der Waals surface area contributed by atoms with Gasteiger partial charge in [-0.2, -0.15) is 0 Å². The number of hydrogen-bond acceptors (Lipinski definition) is 2. The van der Waals surface area contributed by atoms with Crippen LogP contribution in [0.4, 0.5) is 4.39 Å². The Morgan fingerprint density at radius 3 is 2.87 bits per heavy atom. The highest BCUT2D eigenvalue weighted by atomic mass is 19.1. The van der Waals surface area contributed by atoms with Crippen molar-refractivity contribution < 1.29 is 14.3 Å². The maximum atomic E-state index is 12.8. The van der Waals surface area contributed by atoms with Gasteiger partial charge in [-0.25, -0.2) is 4.39 Å². The van der Waals surface area contributed by atoms with Gasteiger partial charge in [0.1, 0.15) is 11.6 Å². The van der Waals surface area contributed by atoms with Crippen LogP contribution in [0.25, 0.3) is 0 Å². The summed E-state index contributed by atoms with van der Waals surface area (Å²) in [7, 11) is 0. The van der Waals surface area contributed by atoms with Gasteiger partial charge in [-0.15, -0.1) is 0 Å². The van der Waals surface area contributed by atoms with Crippen molar-refractivity contribution in [2.24, 2.45) is 0 Å². The molecule has 0 saturated heterocycles. The summed E-state index contributed by atoms with van der Waals surface area (Å²) in [6, 6.07) is 3.30. The van der Waals surface area contributed by atoms with Gasteiger partial charge in [-0.3, -0.25) is 4.79 Å². The smallest absolute Gasteiger partial charge is 0.255 e. The fraction of sp³-hybridized carbons (Fsp3) is 0.364. The normalized spacial score (nSPS) is 12.2. The molecule has 1 amide bonds. The molecule has 1 aromatic rings. The first kappa shape index (κ1) is 11.5. The zero-order valence-electron chi connectivity index (χ0n) is 8.75. The van der Waals surface area contributed by atoms with Crippen LogP contribution in [-0.4, -0.2) is 17.1 Å². The molecule has 82 valence electrons. The van der Waals surface area contributed by atoms with Crippen molar-refractivity contribution >= 4 is 5.91 Å². The van der Waals surface area contributed by atoms with Gasteiger partial charge in [0.05, 0.1) is 5.56 Å². The molecule has 0 aliphatic heterocycles. The molecule has 1 rings (SSSR count). The molecule has 0 bridgehead atoms. The van der Waals surface area contributed by atoms with E-state index in [4.69, 9.17) is 0 Å². The molecule has 0 aliphatic carbocycles. The molecule has 0 saturated carbocycles. The molecule has 15 heavy (non-hydrogen) atoms. The number of aromatic hydroxyl groups is 1. The minimum Gasteiger partial charge on any atom is -0.507 e. The monoisotopic (exact) mass is 211 g/mol. The molecule has 0 spiro atoms. The van der Waals surface area contributed by atoms with E-state index in [-0.39, 0.29) is 17.4 Å². The summed E-state index contributed by atoms with van der Waals surface area (Å²) in [6.45, 7) is 3.77. The minimum absolute atomic E-state index is 0.000155. The van der Waals surface area contributed by atoms with E-state index >= 15 is 0 Å². The average Bonchev–Trinajstić information content (AvgIpc) is 2.21. The lowest BCUT2D eigenvalue weighted by Gasteiger charge is -2.11. The van der Waals surface area contributed by atoms with Crippen LogP contribution in [0.5, 0.6) is 5.75 Å². The van der Waals surface area contributed by atoms with Crippen molar-refractivity contribution in [2.45, 2.75) is 26.3 Å². The van der Waals surface area contributed by atoms with E-state index in [9.17, 15) is 14.3 Å². The number of rotatable bonds is 3. The van der Waals surface area contributed by atoms with Gasteiger partial charge in [0.15, 0.2) is 0 Å². The topological polar surface area (TPSA) is 49.3 Å². The molecular weight excluding hydrogens is 197 g/mol. The number of carbonyl (C=O) groups is 1. The van der Waals surface area contributed by atoms with Crippen LogP contribution >= 0.6 is 0 Å². The summed E-state index contributed by atoms with van der Waals surface area (Å²) in [5.41, 5.74) is -0.0321. The Hall–Kier alpha value is -1.58. The molecule has 3 nitrogen and oxygen atoms in total. The van der Waals surface area contributed by atoms with Crippen molar-refractivity contribution in [3.05, 3.63) is 29.6 Å². The Kier molecular flexibility index (Phi) is 3.66. The Morgan fingerprint density at radius 1 is 1.60 bits per heavy atom. The van der Waals surface area contributed by atoms with Gasteiger partial charge >= 0.3 is 0 Å². The van der Waals surface area contributed by atoms with Gasteiger partial charge in [-0.05, 0) is 31.5 Å². The number of phenols is 1. The van der Waals surface area contributed by atoms with Crippen LogP contribution < -0.4 is 5.32 Å². The second kappa shape index (κ2) is 4.77. The second-order valence-corrected chi connectivity index (χ2v) is 3.44. The molecule has 0 aliphatic rings. The highest BCUT2D eigenvalue weighted by molar-refractivity contribution is 5.96. The SMILES string of the molecule is CCC(C)NC(=O)c1cc(F)ccc1O. The summed E-state index contributed by atoms with van der Waals surface area (Å²) >= 11 is 0. The van der Waals surface area contributed by atoms with Crippen LogP contribution in [0, 0.1) is 5.82 Å². The second-order valence-electron chi connectivity index (χ2n) is 3.44. The lowest BCUT2D eigenvalue weighted by molar-refractivity contribution is 0.0936. The van der Waals surface area contributed by atoms with Crippen LogP contribution in [0.1, 0.15) is 30.6 Å². The molecule has 1 unspecified atom stereocenters. The maximum absolute atomic E-state index is 12.8. The van der Waals surface area contributed by atoms with Crippen LogP contribution in [0.3, 0.4) is 0 Å². The highest BCUT2D eigenvalue weighted by Gasteiger charge is 2.13. The summed E-state index contributed by atoms with van der Waals surface area (Å²) in [5, 5.41) is 12.0. The first-order valence-electron chi connectivity index (χ1n) is 4.84. The van der Waals surface area contributed by atoms with Crippen molar-refractivity contribution in [1.82, 2.24) is 5.32 Å². The first-order valence-corrected chi connectivity index (χ1v) is 4.84. The number of amides is 1. The summed E-state index contributed by atoms with van der Waals surface area (Å²) in [6.07, 6.45) is 0.780. The van der Waals surface area contributed by atoms with Gasteiger partial charge in [0.25, 0.3) is 5.91 Å².